The average molecular weight is 349 g/mol. The number of halogens is 1. The average Bonchev–Trinajstić information content (AvgIpc) is 2.75. The largest absolute Gasteiger partial charge is 0.327 e. The highest BCUT2D eigenvalue weighted by molar-refractivity contribution is 7.91. The Morgan fingerprint density at radius 3 is 2.67 bits per heavy atom. The molecular formula is C13H17ClN2O3S2. The Labute approximate surface area is 131 Å². The van der Waals surface area contributed by atoms with Crippen molar-refractivity contribution in [2.45, 2.75) is 23.7 Å². The molecule has 5 nitrogen and oxygen atoms in total. The number of hydrogen-bond donors (Lipinski definition) is 0. The molecule has 0 aliphatic carbocycles. The van der Waals surface area contributed by atoms with Gasteiger partial charge in [0.25, 0.3) is 0 Å². The minimum atomic E-state index is -3.34. The van der Waals surface area contributed by atoms with E-state index in [0.717, 1.165) is 11.9 Å². The second-order valence-electron chi connectivity index (χ2n) is 4.84. The predicted molar refractivity (Wildman–Crippen MR) is 86.0 cm³/mol. The monoisotopic (exact) mass is 348 g/mol. The summed E-state index contributed by atoms with van der Waals surface area (Å²) in [4.78, 5) is 4.58. The van der Waals surface area contributed by atoms with Crippen molar-refractivity contribution < 1.29 is 12.6 Å². The summed E-state index contributed by atoms with van der Waals surface area (Å²) in [5, 5.41) is 0. The highest BCUT2D eigenvalue weighted by Gasteiger charge is 2.18. The maximum Gasteiger partial charge on any atom is 0.177 e. The first kappa shape index (κ1) is 16.5. The standard InChI is InChI=1S/C13H17ClN2O3S2/c1-20(17)8-4-7-16-10-5-3-6-11(21(2,18)19)13(10)15-12(16)9-14/h3,5-6H,4,7-9H2,1-2H3. The van der Waals surface area contributed by atoms with Crippen LogP contribution in [-0.4, -0.2) is 40.4 Å². The molecule has 21 heavy (non-hydrogen) atoms. The lowest BCUT2D eigenvalue weighted by molar-refractivity contribution is 0.602. The van der Waals surface area contributed by atoms with Gasteiger partial charge in [0.15, 0.2) is 9.84 Å². The van der Waals surface area contributed by atoms with E-state index in [9.17, 15) is 12.6 Å². The summed E-state index contributed by atoms with van der Waals surface area (Å²) >= 11 is 5.92. The second kappa shape index (κ2) is 6.46. The molecule has 0 spiro atoms. The Bertz CT molecular complexity index is 784. The second-order valence-corrected chi connectivity index (χ2v) is 8.65. The lowest BCUT2D eigenvalue weighted by Crippen LogP contribution is -2.06. The summed E-state index contributed by atoms with van der Waals surface area (Å²) in [5.74, 6) is 1.42. The van der Waals surface area contributed by atoms with Crippen LogP contribution in [0.2, 0.25) is 0 Å². The summed E-state index contributed by atoms with van der Waals surface area (Å²) in [5.41, 5.74) is 1.20. The molecule has 0 saturated carbocycles. The molecule has 2 aromatic rings. The van der Waals surface area contributed by atoms with Crippen LogP contribution in [0.4, 0.5) is 0 Å². The number of fused-ring (bicyclic) bond motifs is 1. The van der Waals surface area contributed by atoms with Gasteiger partial charge in [0.1, 0.15) is 11.3 Å². The molecule has 0 N–H and O–H groups in total. The molecule has 2 rings (SSSR count). The molecule has 0 radical (unpaired) electrons. The molecule has 1 aromatic carbocycles. The van der Waals surface area contributed by atoms with Crippen LogP contribution in [-0.2, 0) is 33.1 Å². The number of rotatable bonds is 6. The van der Waals surface area contributed by atoms with Crippen molar-refractivity contribution in [2.75, 3.05) is 18.3 Å². The van der Waals surface area contributed by atoms with Crippen molar-refractivity contribution >= 4 is 43.3 Å². The van der Waals surface area contributed by atoms with Gasteiger partial charge in [-0.05, 0) is 18.6 Å². The van der Waals surface area contributed by atoms with Gasteiger partial charge in [-0.15, -0.1) is 11.6 Å². The Morgan fingerprint density at radius 2 is 2.10 bits per heavy atom. The van der Waals surface area contributed by atoms with Crippen LogP contribution in [0.3, 0.4) is 0 Å². The van der Waals surface area contributed by atoms with E-state index in [1.807, 2.05) is 10.6 Å². The molecule has 0 amide bonds. The molecule has 1 unspecified atom stereocenters. The van der Waals surface area contributed by atoms with Gasteiger partial charge in [0.05, 0.1) is 16.3 Å². The maximum absolute atomic E-state index is 11.8. The van der Waals surface area contributed by atoms with E-state index in [-0.39, 0.29) is 10.8 Å². The summed E-state index contributed by atoms with van der Waals surface area (Å²) < 4.78 is 36.7. The third-order valence-corrected chi connectivity index (χ3v) is 5.38. The number of para-hydroxylation sites is 1. The normalized spacial score (nSPS) is 13.7. The number of benzene rings is 1. The zero-order valence-corrected chi connectivity index (χ0v) is 14.3. The zero-order valence-electron chi connectivity index (χ0n) is 11.9. The maximum atomic E-state index is 11.8. The Morgan fingerprint density at radius 1 is 1.38 bits per heavy atom. The highest BCUT2D eigenvalue weighted by atomic mass is 35.5. The van der Waals surface area contributed by atoms with E-state index >= 15 is 0 Å². The van der Waals surface area contributed by atoms with Crippen LogP contribution in [0.5, 0.6) is 0 Å². The van der Waals surface area contributed by atoms with E-state index in [4.69, 9.17) is 11.6 Å². The quantitative estimate of drug-likeness (QED) is 0.748. The molecule has 116 valence electrons. The van der Waals surface area contributed by atoms with Crippen molar-refractivity contribution in [3.63, 3.8) is 0 Å². The fourth-order valence-corrected chi connectivity index (χ4v) is 3.81. The molecular weight excluding hydrogens is 332 g/mol. The van der Waals surface area contributed by atoms with Gasteiger partial charge in [-0.1, -0.05) is 6.07 Å². The molecule has 0 bridgehead atoms. The SMILES string of the molecule is CS(=O)CCCn1c(CCl)nc2c(S(C)(=O)=O)cccc21. The number of nitrogens with zero attached hydrogens (tertiary/aromatic N) is 2. The number of hydrogen-bond acceptors (Lipinski definition) is 4. The van der Waals surface area contributed by atoms with Crippen LogP contribution < -0.4 is 0 Å². The van der Waals surface area contributed by atoms with Crippen molar-refractivity contribution in [2.24, 2.45) is 0 Å². The Kier molecular flexibility index (Phi) is 5.06. The first-order chi connectivity index (χ1) is 9.84. The fourth-order valence-electron chi connectivity index (χ4n) is 2.25. The predicted octanol–water partition coefficient (Wildman–Crippen LogP) is 1.95. The third-order valence-electron chi connectivity index (χ3n) is 3.15. The molecule has 1 atom stereocenters. The van der Waals surface area contributed by atoms with E-state index in [1.54, 1.807) is 18.4 Å². The van der Waals surface area contributed by atoms with Gasteiger partial charge in [0, 0.05) is 35.6 Å². The van der Waals surface area contributed by atoms with Crippen molar-refractivity contribution in [1.82, 2.24) is 9.55 Å². The van der Waals surface area contributed by atoms with Gasteiger partial charge in [0.2, 0.25) is 0 Å². The Hall–Kier alpha value is -0.920. The van der Waals surface area contributed by atoms with Crippen molar-refractivity contribution in [1.29, 1.82) is 0 Å². The minimum Gasteiger partial charge on any atom is -0.327 e. The number of sulfone groups is 1. The number of aromatic nitrogens is 2. The lowest BCUT2D eigenvalue weighted by Gasteiger charge is -2.07. The van der Waals surface area contributed by atoms with Crippen LogP contribution in [0.25, 0.3) is 11.0 Å². The summed E-state index contributed by atoms with van der Waals surface area (Å²) in [6.45, 7) is 0.616. The van der Waals surface area contributed by atoms with E-state index in [2.05, 4.69) is 4.98 Å². The van der Waals surface area contributed by atoms with Crippen LogP contribution in [0.1, 0.15) is 12.2 Å². The fraction of sp³-hybridized carbons (Fsp3) is 0.462. The smallest absolute Gasteiger partial charge is 0.177 e. The van der Waals surface area contributed by atoms with E-state index < -0.39 is 20.6 Å². The van der Waals surface area contributed by atoms with E-state index in [0.29, 0.717) is 23.6 Å². The lowest BCUT2D eigenvalue weighted by atomic mass is 10.3. The van der Waals surface area contributed by atoms with Gasteiger partial charge in [-0.25, -0.2) is 13.4 Å². The number of alkyl halides is 1. The minimum absolute atomic E-state index is 0.201. The summed E-state index contributed by atoms with van der Waals surface area (Å²) in [7, 11) is -4.19. The van der Waals surface area contributed by atoms with Crippen molar-refractivity contribution in [3.8, 4) is 0 Å². The van der Waals surface area contributed by atoms with Crippen LogP contribution in [0.15, 0.2) is 23.1 Å². The summed E-state index contributed by atoms with van der Waals surface area (Å²) in [6.07, 6.45) is 3.55. The zero-order chi connectivity index (χ0) is 15.6. The third kappa shape index (κ3) is 3.64. The van der Waals surface area contributed by atoms with Crippen LogP contribution >= 0.6 is 11.6 Å². The first-order valence-electron chi connectivity index (χ1n) is 6.38. The molecule has 0 aliphatic rings. The topological polar surface area (TPSA) is 69.0 Å². The van der Waals surface area contributed by atoms with E-state index in [1.165, 1.54) is 6.26 Å². The molecule has 0 fully saturated rings. The molecule has 1 aromatic heterocycles. The Balaban J connectivity index is 2.52. The molecule has 0 saturated heterocycles. The van der Waals surface area contributed by atoms with Crippen molar-refractivity contribution in [3.05, 3.63) is 24.0 Å². The van der Waals surface area contributed by atoms with Gasteiger partial charge < -0.3 is 4.57 Å². The van der Waals surface area contributed by atoms with Gasteiger partial charge in [-0.3, -0.25) is 4.21 Å². The summed E-state index contributed by atoms with van der Waals surface area (Å²) in [6, 6.07) is 5.08. The first-order valence-corrected chi connectivity index (χ1v) is 10.5. The molecule has 0 aliphatic heterocycles. The highest BCUT2D eigenvalue weighted by Crippen LogP contribution is 2.24. The molecule has 1 heterocycles. The molecule has 8 heteroatoms. The van der Waals surface area contributed by atoms with Gasteiger partial charge in [-0.2, -0.15) is 0 Å². The van der Waals surface area contributed by atoms with Gasteiger partial charge >= 0.3 is 0 Å². The number of aryl methyl sites for hydroxylation is 1. The number of imidazole rings is 1. The van der Waals surface area contributed by atoms with Crippen LogP contribution in [0, 0.1) is 0 Å².